The molecule has 2 heterocycles. The lowest BCUT2D eigenvalue weighted by Crippen LogP contribution is -2.34. The number of fused-ring (bicyclic) bond motifs is 1. The highest BCUT2D eigenvalue weighted by Gasteiger charge is 2.18. The summed E-state index contributed by atoms with van der Waals surface area (Å²) < 4.78 is 5.10. The third-order valence-corrected chi connectivity index (χ3v) is 3.55. The summed E-state index contributed by atoms with van der Waals surface area (Å²) in [5.74, 6) is 1.35. The summed E-state index contributed by atoms with van der Waals surface area (Å²) >= 11 is 0. The Hall–Kier alpha value is -2.14. The lowest BCUT2D eigenvalue weighted by molar-refractivity contribution is 0.397. The van der Waals surface area contributed by atoms with Crippen LogP contribution in [0, 0.1) is 0 Å². The van der Waals surface area contributed by atoms with Crippen LogP contribution in [0.5, 0.6) is 5.88 Å². The van der Waals surface area contributed by atoms with Crippen LogP contribution in [0.1, 0.15) is 17.2 Å². The van der Waals surface area contributed by atoms with Gasteiger partial charge in [-0.1, -0.05) is 24.3 Å². The number of nitrogens with one attached hydrogen (secondary N) is 2. The summed E-state index contributed by atoms with van der Waals surface area (Å²) in [7, 11) is 1.60. The van der Waals surface area contributed by atoms with E-state index in [2.05, 4.69) is 44.9 Å². The quantitative estimate of drug-likeness (QED) is 0.887. The highest BCUT2D eigenvalue weighted by Crippen LogP contribution is 2.23. The van der Waals surface area contributed by atoms with Crippen molar-refractivity contribution in [3.05, 3.63) is 47.8 Å². The minimum absolute atomic E-state index is 0.306. The first-order valence-corrected chi connectivity index (χ1v) is 6.78. The lowest BCUT2D eigenvalue weighted by Gasteiger charge is -2.27. The maximum Gasteiger partial charge on any atom is 0.218 e. The number of hydrogen-bond donors (Lipinski definition) is 2. The van der Waals surface area contributed by atoms with Crippen LogP contribution < -0.4 is 15.4 Å². The molecule has 0 saturated carbocycles. The molecule has 1 aromatic heterocycles. The minimum atomic E-state index is 0.306. The monoisotopic (exact) mass is 270 g/mol. The molecule has 3 rings (SSSR count). The molecule has 1 aliphatic rings. The van der Waals surface area contributed by atoms with Crippen LogP contribution in [0.2, 0.25) is 0 Å². The first-order valence-electron chi connectivity index (χ1n) is 6.78. The fraction of sp³-hybridized carbons (Fsp3) is 0.333. The van der Waals surface area contributed by atoms with Crippen LogP contribution in [0.3, 0.4) is 0 Å². The Labute approximate surface area is 118 Å². The van der Waals surface area contributed by atoms with Crippen molar-refractivity contribution < 1.29 is 4.74 Å². The molecule has 1 aromatic carbocycles. The first-order chi connectivity index (χ1) is 9.86. The maximum absolute atomic E-state index is 5.10. The molecule has 2 N–H and O–H groups in total. The van der Waals surface area contributed by atoms with Crippen molar-refractivity contribution in [1.82, 2.24) is 15.3 Å². The van der Waals surface area contributed by atoms with Crippen LogP contribution in [0.4, 0.5) is 5.82 Å². The van der Waals surface area contributed by atoms with Gasteiger partial charge in [0, 0.05) is 18.7 Å². The third-order valence-electron chi connectivity index (χ3n) is 3.55. The Balaban J connectivity index is 1.70. The van der Waals surface area contributed by atoms with Gasteiger partial charge < -0.3 is 15.4 Å². The molecular formula is C15H18N4O. The normalized spacial score (nSPS) is 17.4. The SMILES string of the molecule is COc1cc(NCC2NCCc3ccccc32)ncn1. The van der Waals surface area contributed by atoms with Gasteiger partial charge in [-0.3, -0.25) is 0 Å². The summed E-state index contributed by atoms with van der Waals surface area (Å²) in [4.78, 5) is 8.20. The van der Waals surface area contributed by atoms with E-state index in [1.165, 1.54) is 17.5 Å². The maximum atomic E-state index is 5.10. The van der Waals surface area contributed by atoms with Gasteiger partial charge in [-0.05, 0) is 24.1 Å². The van der Waals surface area contributed by atoms with Gasteiger partial charge in [0.1, 0.15) is 12.1 Å². The molecule has 0 amide bonds. The Morgan fingerprint density at radius 2 is 2.25 bits per heavy atom. The van der Waals surface area contributed by atoms with Gasteiger partial charge in [-0.25, -0.2) is 9.97 Å². The summed E-state index contributed by atoms with van der Waals surface area (Å²) in [6, 6.07) is 10.7. The van der Waals surface area contributed by atoms with E-state index in [0.717, 1.165) is 25.3 Å². The second kappa shape index (κ2) is 5.88. The third kappa shape index (κ3) is 2.72. The molecule has 0 fully saturated rings. The van der Waals surface area contributed by atoms with E-state index in [0.29, 0.717) is 11.9 Å². The molecule has 104 valence electrons. The van der Waals surface area contributed by atoms with Crippen LogP contribution in [-0.4, -0.2) is 30.2 Å². The highest BCUT2D eigenvalue weighted by molar-refractivity contribution is 5.39. The molecule has 0 aliphatic carbocycles. The van der Waals surface area contributed by atoms with E-state index < -0.39 is 0 Å². The number of hydrogen-bond acceptors (Lipinski definition) is 5. The molecule has 20 heavy (non-hydrogen) atoms. The Bertz CT molecular complexity index is 588. The van der Waals surface area contributed by atoms with Gasteiger partial charge >= 0.3 is 0 Å². The van der Waals surface area contributed by atoms with Gasteiger partial charge in [0.15, 0.2) is 0 Å². The fourth-order valence-electron chi connectivity index (χ4n) is 2.53. The molecule has 5 heteroatoms. The zero-order valence-electron chi connectivity index (χ0n) is 11.5. The van der Waals surface area contributed by atoms with E-state index in [9.17, 15) is 0 Å². The van der Waals surface area contributed by atoms with Crippen molar-refractivity contribution in [1.29, 1.82) is 0 Å². The lowest BCUT2D eigenvalue weighted by atomic mass is 9.94. The van der Waals surface area contributed by atoms with E-state index in [1.54, 1.807) is 13.2 Å². The molecule has 1 atom stereocenters. The van der Waals surface area contributed by atoms with Crippen LogP contribution in [-0.2, 0) is 6.42 Å². The number of benzene rings is 1. The van der Waals surface area contributed by atoms with Gasteiger partial charge in [0.25, 0.3) is 0 Å². The van der Waals surface area contributed by atoms with Crippen molar-refractivity contribution in [2.75, 3.05) is 25.5 Å². The van der Waals surface area contributed by atoms with E-state index in [4.69, 9.17) is 4.74 Å². The smallest absolute Gasteiger partial charge is 0.218 e. The second-order valence-electron chi connectivity index (χ2n) is 4.78. The van der Waals surface area contributed by atoms with Crippen molar-refractivity contribution >= 4 is 5.82 Å². The average Bonchev–Trinajstić information content (AvgIpc) is 2.53. The topological polar surface area (TPSA) is 59.1 Å². The van der Waals surface area contributed by atoms with Crippen molar-refractivity contribution in [3.63, 3.8) is 0 Å². The summed E-state index contributed by atoms with van der Waals surface area (Å²) in [6.07, 6.45) is 2.59. The van der Waals surface area contributed by atoms with Crippen molar-refractivity contribution in [3.8, 4) is 5.88 Å². The number of rotatable bonds is 4. The molecular weight excluding hydrogens is 252 g/mol. The fourth-order valence-corrected chi connectivity index (χ4v) is 2.53. The van der Waals surface area contributed by atoms with Crippen molar-refractivity contribution in [2.45, 2.75) is 12.5 Å². The Kier molecular flexibility index (Phi) is 3.78. The van der Waals surface area contributed by atoms with Crippen molar-refractivity contribution in [2.24, 2.45) is 0 Å². The molecule has 1 aliphatic heterocycles. The Morgan fingerprint density at radius 3 is 3.15 bits per heavy atom. The summed E-state index contributed by atoms with van der Waals surface area (Å²) in [6.45, 7) is 1.80. The molecule has 0 spiro atoms. The van der Waals surface area contributed by atoms with Gasteiger partial charge in [0.2, 0.25) is 5.88 Å². The van der Waals surface area contributed by atoms with Crippen LogP contribution in [0.15, 0.2) is 36.7 Å². The number of methoxy groups -OCH3 is 1. The predicted octanol–water partition coefficient (Wildman–Crippen LogP) is 1.78. The van der Waals surface area contributed by atoms with Gasteiger partial charge in [0.05, 0.1) is 7.11 Å². The molecule has 2 aromatic rings. The molecule has 1 unspecified atom stereocenters. The zero-order valence-corrected chi connectivity index (χ0v) is 11.5. The Morgan fingerprint density at radius 1 is 1.35 bits per heavy atom. The largest absolute Gasteiger partial charge is 0.481 e. The molecule has 5 nitrogen and oxygen atoms in total. The number of nitrogens with zero attached hydrogens (tertiary/aromatic N) is 2. The number of aromatic nitrogens is 2. The zero-order chi connectivity index (χ0) is 13.8. The van der Waals surface area contributed by atoms with Gasteiger partial charge in [-0.2, -0.15) is 0 Å². The molecule has 0 saturated heterocycles. The summed E-state index contributed by atoms with van der Waals surface area (Å²) in [5, 5.41) is 6.87. The average molecular weight is 270 g/mol. The summed E-state index contributed by atoms with van der Waals surface area (Å²) in [5.41, 5.74) is 2.80. The minimum Gasteiger partial charge on any atom is -0.481 e. The predicted molar refractivity (Wildman–Crippen MR) is 78.0 cm³/mol. The van der Waals surface area contributed by atoms with E-state index >= 15 is 0 Å². The second-order valence-corrected chi connectivity index (χ2v) is 4.78. The molecule has 0 bridgehead atoms. The van der Waals surface area contributed by atoms with Crippen LogP contribution >= 0.6 is 0 Å². The van der Waals surface area contributed by atoms with Crippen LogP contribution in [0.25, 0.3) is 0 Å². The standard InChI is InChI=1S/C15H18N4O/c1-20-15-8-14(18-10-19-15)17-9-13-12-5-3-2-4-11(12)6-7-16-13/h2-5,8,10,13,16H,6-7,9H2,1H3,(H,17,18,19). The molecule has 0 radical (unpaired) electrons. The van der Waals surface area contributed by atoms with Gasteiger partial charge in [-0.15, -0.1) is 0 Å². The highest BCUT2D eigenvalue weighted by atomic mass is 16.5. The first kappa shape index (κ1) is 12.9. The number of anilines is 1. The van der Waals surface area contributed by atoms with E-state index in [1.807, 2.05) is 0 Å². The number of ether oxygens (including phenoxy) is 1. The van der Waals surface area contributed by atoms with E-state index in [-0.39, 0.29) is 0 Å².